The SMILES string of the molecule is Cc1ccc(S(=O)(=O)N2C/C(=C\[Si](C)(C)C)[C@](O)(c3ccccc3)C2)cc1. The molecule has 144 valence electrons. The zero-order valence-electron chi connectivity index (χ0n) is 16.3. The van der Waals surface area contributed by atoms with Gasteiger partial charge < -0.3 is 5.11 Å². The van der Waals surface area contributed by atoms with E-state index in [1.165, 1.54) is 4.31 Å². The topological polar surface area (TPSA) is 57.6 Å². The van der Waals surface area contributed by atoms with Crippen LogP contribution in [0.2, 0.25) is 19.6 Å². The highest BCUT2D eigenvalue weighted by atomic mass is 32.2. The Morgan fingerprint density at radius 1 is 1.04 bits per heavy atom. The van der Waals surface area contributed by atoms with Gasteiger partial charge in [0.25, 0.3) is 0 Å². The van der Waals surface area contributed by atoms with Gasteiger partial charge in [0.15, 0.2) is 0 Å². The van der Waals surface area contributed by atoms with E-state index in [-0.39, 0.29) is 18.0 Å². The van der Waals surface area contributed by atoms with Gasteiger partial charge in [-0.1, -0.05) is 73.4 Å². The van der Waals surface area contributed by atoms with Crippen molar-refractivity contribution in [1.29, 1.82) is 0 Å². The molecule has 1 saturated heterocycles. The van der Waals surface area contributed by atoms with Gasteiger partial charge >= 0.3 is 0 Å². The number of aryl methyl sites for hydroxylation is 1. The van der Waals surface area contributed by atoms with E-state index in [1.54, 1.807) is 24.3 Å². The van der Waals surface area contributed by atoms with Crippen LogP contribution in [0.25, 0.3) is 0 Å². The molecule has 4 nitrogen and oxygen atoms in total. The molecule has 0 aliphatic carbocycles. The zero-order valence-corrected chi connectivity index (χ0v) is 18.1. The number of β-amino-alcohol motifs (C(OH)–C–C–N with tert-alkyl or cyclic N) is 1. The smallest absolute Gasteiger partial charge is 0.243 e. The van der Waals surface area contributed by atoms with Gasteiger partial charge in [0.1, 0.15) is 5.60 Å². The molecule has 27 heavy (non-hydrogen) atoms. The standard InChI is InChI=1S/C21H27NO3SSi/c1-17-10-12-20(13-11-17)26(24,25)22-14-19(15-27(2,3)4)21(23,16-22)18-8-6-5-7-9-18/h5-13,15,23H,14,16H2,1-4H3/b19-15+/t21-/m1/s1. The quantitative estimate of drug-likeness (QED) is 0.795. The van der Waals surface area contributed by atoms with Crippen molar-refractivity contribution in [3.05, 3.63) is 77.0 Å². The van der Waals surface area contributed by atoms with Crippen molar-refractivity contribution in [2.24, 2.45) is 0 Å². The number of aliphatic hydroxyl groups is 1. The summed E-state index contributed by atoms with van der Waals surface area (Å²) in [5, 5.41) is 11.6. The van der Waals surface area contributed by atoms with E-state index in [4.69, 9.17) is 0 Å². The third kappa shape index (κ3) is 4.09. The zero-order chi connectivity index (χ0) is 19.9. The van der Waals surface area contributed by atoms with Gasteiger partial charge in [-0.05, 0) is 30.2 Å². The Balaban J connectivity index is 2.06. The number of sulfonamides is 1. The first-order valence-corrected chi connectivity index (χ1v) is 14.1. The molecule has 3 rings (SSSR count). The average molecular weight is 402 g/mol. The van der Waals surface area contributed by atoms with Gasteiger partial charge in [0.2, 0.25) is 10.0 Å². The van der Waals surface area contributed by atoms with Crippen LogP contribution in [0.1, 0.15) is 11.1 Å². The van der Waals surface area contributed by atoms with Crippen LogP contribution in [0, 0.1) is 6.92 Å². The molecule has 0 unspecified atom stereocenters. The van der Waals surface area contributed by atoms with Crippen molar-refractivity contribution in [2.45, 2.75) is 37.1 Å². The largest absolute Gasteiger partial charge is 0.379 e. The molecule has 1 aliphatic heterocycles. The lowest BCUT2D eigenvalue weighted by Crippen LogP contribution is -2.35. The fourth-order valence-corrected chi connectivity index (χ4v) is 6.26. The Bertz CT molecular complexity index is 947. The van der Waals surface area contributed by atoms with E-state index >= 15 is 0 Å². The number of hydrogen-bond acceptors (Lipinski definition) is 3. The fraction of sp³-hybridized carbons (Fsp3) is 0.333. The second-order valence-corrected chi connectivity index (χ2v) is 15.3. The molecule has 0 saturated carbocycles. The third-order valence-electron chi connectivity index (χ3n) is 4.80. The van der Waals surface area contributed by atoms with E-state index < -0.39 is 23.7 Å². The lowest BCUT2D eigenvalue weighted by Gasteiger charge is -2.26. The maximum absolute atomic E-state index is 13.2. The molecular formula is C21H27NO3SSi. The number of rotatable bonds is 4. The molecule has 6 heteroatoms. The third-order valence-corrected chi connectivity index (χ3v) is 7.82. The summed E-state index contributed by atoms with van der Waals surface area (Å²) in [6, 6.07) is 16.2. The van der Waals surface area contributed by atoms with Crippen molar-refractivity contribution in [1.82, 2.24) is 4.31 Å². The Hall–Kier alpha value is -1.73. The van der Waals surface area contributed by atoms with E-state index in [2.05, 4.69) is 25.3 Å². The minimum absolute atomic E-state index is 0.0313. The Morgan fingerprint density at radius 2 is 1.63 bits per heavy atom. The molecule has 1 atom stereocenters. The monoisotopic (exact) mass is 401 g/mol. The molecule has 1 fully saturated rings. The normalized spacial score (nSPS) is 23.1. The summed E-state index contributed by atoms with van der Waals surface area (Å²) in [6.07, 6.45) is 0. The predicted octanol–water partition coefficient (Wildman–Crippen LogP) is 3.69. The number of benzene rings is 2. The van der Waals surface area contributed by atoms with Crippen LogP contribution in [0.5, 0.6) is 0 Å². The van der Waals surface area contributed by atoms with E-state index in [0.29, 0.717) is 0 Å². The van der Waals surface area contributed by atoms with E-state index in [0.717, 1.165) is 16.7 Å². The van der Waals surface area contributed by atoms with E-state index in [9.17, 15) is 13.5 Å². The van der Waals surface area contributed by atoms with Gasteiger partial charge in [-0.3, -0.25) is 0 Å². The molecule has 0 amide bonds. The second-order valence-electron chi connectivity index (χ2n) is 8.35. The minimum Gasteiger partial charge on any atom is -0.379 e. The molecule has 1 heterocycles. The molecule has 1 N–H and O–H groups in total. The molecule has 0 spiro atoms. The summed E-state index contributed by atoms with van der Waals surface area (Å²) < 4.78 is 27.7. The summed E-state index contributed by atoms with van der Waals surface area (Å²) in [7, 11) is -5.34. The van der Waals surface area contributed by atoms with Gasteiger partial charge in [0.05, 0.1) is 19.5 Å². The van der Waals surface area contributed by atoms with Gasteiger partial charge in [-0.15, -0.1) is 0 Å². The van der Waals surface area contributed by atoms with Crippen LogP contribution in [-0.2, 0) is 15.6 Å². The van der Waals surface area contributed by atoms with Gasteiger partial charge in [0, 0.05) is 6.54 Å². The minimum atomic E-state index is -3.68. The molecule has 2 aromatic carbocycles. The summed E-state index contributed by atoms with van der Waals surface area (Å²) >= 11 is 0. The second kappa shape index (κ2) is 7.02. The van der Waals surface area contributed by atoms with Crippen LogP contribution < -0.4 is 0 Å². The fourth-order valence-electron chi connectivity index (χ4n) is 3.44. The molecule has 0 aromatic heterocycles. The maximum atomic E-state index is 13.2. The average Bonchev–Trinajstić information content (AvgIpc) is 2.93. The van der Waals surface area contributed by atoms with Gasteiger partial charge in [-0.2, -0.15) is 4.31 Å². The van der Waals surface area contributed by atoms with E-state index in [1.807, 2.05) is 37.3 Å². The molecule has 0 bridgehead atoms. The maximum Gasteiger partial charge on any atom is 0.243 e. The summed E-state index contributed by atoms with van der Waals surface area (Å²) in [5.74, 6) is 0. The first-order chi connectivity index (χ1) is 12.5. The summed E-state index contributed by atoms with van der Waals surface area (Å²) in [5.41, 5.74) is 3.36. The lowest BCUT2D eigenvalue weighted by molar-refractivity contribution is 0.0870. The first-order valence-electron chi connectivity index (χ1n) is 9.09. The van der Waals surface area contributed by atoms with Crippen molar-refractivity contribution in [3.63, 3.8) is 0 Å². The Kier molecular flexibility index (Phi) is 5.20. The Labute approximate surface area is 163 Å². The first kappa shape index (κ1) is 20.0. The van der Waals surface area contributed by atoms with Crippen LogP contribution in [0.3, 0.4) is 0 Å². The highest BCUT2D eigenvalue weighted by Gasteiger charge is 2.47. The van der Waals surface area contributed by atoms with Crippen molar-refractivity contribution in [2.75, 3.05) is 13.1 Å². The van der Waals surface area contributed by atoms with Crippen molar-refractivity contribution >= 4 is 18.1 Å². The van der Waals surface area contributed by atoms with Gasteiger partial charge in [-0.25, -0.2) is 8.42 Å². The molecule has 2 aromatic rings. The van der Waals surface area contributed by atoms with Crippen LogP contribution in [-0.4, -0.2) is 39.0 Å². The number of nitrogens with zero attached hydrogens (tertiary/aromatic N) is 1. The van der Waals surface area contributed by atoms with Crippen molar-refractivity contribution < 1.29 is 13.5 Å². The number of hydrogen-bond donors (Lipinski definition) is 1. The predicted molar refractivity (Wildman–Crippen MR) is 112 cm³/mol. The molecular weight excluding hydrogens is 374 g/mol. The Morgan fingerprint density at radius 3 is 2.19 bits per heavy atom. The van der Waals surface area contributed by atoms with Crippen LogP contribution in [0.15, 0.2) is 70.8 Å². The molecule has 0 radical (unpaired) electrons. The molecule has 1 aliphatic rings. The summed E-state index contributed by atoms with van der Waals surface area (Å²) in [6.45, 7) is 8.72. The summed E-state index contributed by atoms with van der Waals surface area (Å²) in [4.78, 5) is 0.262. The van der Waals surface area contributed by atoms with Crippen molar-refractivity contribution in [3.8, 4) is 0 Å². The lowest BCUT2D eigenvalue weighted by atomic mass is 9.90. The van der Waals surface area contributed by atoms with Crippen LogP contribution >= 0.6 is 0 Å². The van der Waals surface area contributed by atoms with Crippen LogP contribution in [0.4, 0.5) is 0 Å². The highest BCUT2D eigenvalue weighted by molar-refractivity contribution is 7.89. The highest BCUT2D eigenvalue weighted by Crippen LogP contribution is 2.39.